The van der Waals surface area contributed by atoms with Crippen LogP contribution in [-0.4, -0.2) is 31.8 Å². The lowest BCUT2D eigenvalue weighted by Crippen LogP contribution is -2.12. The minimum atomic E-state index is -0.179. The van der Waals surface area contributed by atoms with Gasteiger partial charge in [-0.3, -0.25) is 9.59 Å². The number of carbonyl (C=O) groups excluding carboxylic acids is 2. The average Bonchev–Trinajstić information content (AvgIpc) is 4.03. The standard InChI is InChI=1S/C58H56N6O2/c1-9-39-33(5)53-51(43-27-19-21-29-45(43)63-57(65)37-23-15-13-16-24-37)54-35(7)41(11-3)49(61-54)32-50-42(12-4)36(8)56(62-50)52(55-34(6)40(10-2)48(60-55)31-47(39)59-53)44-28-20-22-30-46(44)64-58(66)38-25-17-14-18-26-38/h13-32,59,62H,9-12H2,1-8H3,(H,63,65)(H,64,66). The molecular formula is C58H56N6O2. The summed E-state index contributed by atoms with van der Waals surface area (Å²) in [5, 5.41) is 6.53. The van der Waals surface area contributed by atoms with Gasteiger partial charge in [-0.1, -0.05) is 100 Å². The Balaban J connectivity index is 1.42. The second kappa shape index (κ2) is 18.1. The molecule has 2 amide bonds. The normalized spacial score (nSPS) is 12.5. The molecule has 7 aromatic rings. The van der Waals surface area contributed by atoms with Gasteiger partial charge in [0.2, 0.25) is 0 Å². The molecule has 0 unspecified atom stereocenters. The molecular weight excluding hydrogens is 813 g/mol. The zero-order valence-electron chi connectivity index (χ0n) is 39.1. The van der Waals surface area contributed by atoms with E-state index in [0.29, 0.717) is 22.5 Å². The average molecular weight is 869 g/mol. The third kappa shape index (κ3) is 7.66. The van der Waals surface area contributed by atoms with Crippen molar-refractivity contribution in [1.29, 1.82) is 0 Å². The van der Waals surface area contributed by atoms with Gasteiger partial charge >= 0.3 is 0 Å². The molecule has 8 heteroatoms. The van der Waals surface area contributed by atoms with E-state index >= 15 is 0 Å². The monoisotopic (exact) mass is 868 g/mol. The van der Waals surface area contributed by atoms with Crippen molar-refractivity contribution in [1.82, 2.24) is 19.9 Å². The lowest BCUT2D eigenvalue weighted by Gasteiger charge is -2.14. The van der Waals surface area contributed by atoms with Crippen molar-refractivity contribution in [2.24, 2.45) is 0 Å². The van der Waals surface area contributed by atoms with Crippen molar-refractivity contribution in [3.8, 4) is 22.3 Å². The maximum Gasteiger partial charge on any atom is 0.255 e. The van der Waals surface area contributed by atoms with Crippen LogP contribution in [0, 0.1) is 13.8 Å². The summed E-state index contributed by atoms with van der Waals surface area (Å²) in [6, 6.07) is 39.2. The Kier molecular flexibility index (Phi) is 12.0. The molecule has 2 aliphatic rings. The van der Waals surface area contributed by atoms with E-state index in [1.807, 2.05) is 97.1 Å². The molecule has 9 rings (SSSR count). The van der Waals surface area contributed by atoms with E-state index < -0.39 is 0 Å². The summed E-state index contributed by atoms with van der Waals surface area (Å²) < 4.78 is 0. The van der Waals surface area contributed by atoms with Crippen LogP contribution in [0.15, 0.2) is 121 Å². The maximum absolute atomic E-state index is 13.8. The molecule has 5 heterocycles. The molecule has 0 saturated carbocycles. The number of benzene rings is 4. The van der Waals surface area contributed by atoms with Crippen molar-refractivity contribution in [2.45, 2.75) is 81.1 Å². The van der Waals surface area contributed by atoms with Crippen molar-refractivity contribution in [2.75, 3.05) is 10.6 Å². The third-order valence-corrected chi connectivity index (χ3v) is 13.4. The first-order valence-electron chi connectivity index (χ1n) is 23.2. The fourth-order valence-corrected chi connectivity index (χ4v) is 10.0. The highest BCUT2D eigenvalue weighted by molar-refractivity contribution is 6.11. The number of anilines is 2. The zero-order valence-corrected chi connectivity index (χ0v) is 39.1. The number of hydrogen-bond donors (Lipinski definition) is 4. The highest BCUT2D eigenvalue weighted by Crippen LogP contribution is 2.46. The van der Waals surface area contributed by atoms with Crippen LogP contribution in [0.1, 0.15) is 120 Å². The number of rotatable bonds is 10. The van der Waals surface area contributed by atoms with Gasteiger partial charge in [0, 0.05) is 55.8 Å². The number of nitrogens with one attached hydrogen (secondary N) is 4. The number of allylic oxidation sites excluding steroid dienone is 4. The van der Waals surface area contributed by atoms with Crippen LogP contribution in [0.5, 0.6) is 0 Å². The molecule has 0 radical (unpaired) electrons. The number of para-hydroxylation sites is 2. The van der Waals surface area contributed by atoms with Gasteiger partial charge in [-0.2, -0.15) is 0 Å². The first kappa shape index (κ1) is 43.7. The van der Waals surface area contributed by atoms with Crippen LogP contribution in [0.3, 0.4) is 0 Å². The maximum atomic E-state index is 13.8. The summed E-state index contributed by atoms with van der Waals surface area (Å²) in [5.74, 6) is -0.358. The van der Waals surface area contributed by atoms with E-state index in [4.69, 9.17) is 9.97 Å². The number of nitrogens with zero attached hydrogens (tertiary/aromatic N) is 2. The fourth-order valence-electron chi connectivity index (χ4n) is 10.0. The molecule has 0 fully saturated rings. The Morgan fingerprint density at radius 3 is 1.21 bits per heavy atom. The molecule has 8 nitrogen and oxygen atoms in total. The number of carbonyl (C=O) groups is 2. The minimum Gasteiger partial charge on any atom is -0.354 e. The van der Waals surface area contributed by atoms with E-state index in [9.17, 15) is 9.59 Å². The molecule has 330 valence electrons. The molecule has 0 saturated heterocycles. The van der Waals surface area contributed by atoms with Gasteiger partial charge in [-0.25, -0.2) is 9.97 Å². The Morgan fingerprint density at radius 1 is 0.485 bits per heavy atom. The Bertz CT molecular complexity index is 3090. The van der Waals surface area contributed by atoms with Crippen LogP contribution in [0.4, 0.5) is 11.4 Å². The van der Waals surface area contributed by atoms with Crippen LogP contribution in [0.2, 0.25) is 0 Å². The van der Waals surface area contributed by atoms with Crippen molar-refractivity contribution >= 4 is 67.5 Å². The summed E-state index contributed by atoms with van der Waals surface area (Å²) in [6.45, 7) is 17.5. The quantitative estimate of drug-likeness (QED) is 0.110. The molecule has 4 N–H and O–H groups in total. The van der Waals surface area contributed by atoms with E-state index in [1.54, 1.807) is 0 Å². The number of amides is 2. The summed E-state index contributed by atoms with van der Waals surface area (Å²) >= 11 is 0. The van der Waals surface area contributed by atoms with Crippen LogP contribution in [-0.2, 0) is 12.8 Å². The minimum absolute atomic E-state index is 0.179. The number of hydrogen-bond acceptors (Lipinski definition) is 4. The number of aryl methyl sites for hydroxylation is 4. The van der Waals surface area contributed by atoms with E-state index in [0.717, 1.165) is 126 Å². The van der Waals surface area contributed by atoms with Crippen LogP contribution >= 0.6 is 0 Å². The van der Waals surface area contributed by atoms with Gasteiger partial charge in [0.15, 0.2) is 0 Å². The number of H-pyrrole nitrogens is 2. The second-order valence-corrected chi connectivity index (χ2v) is 17.1. The Labute approximate surface area is 387 Å². The van der Waals surface area contributed by atoms with Gasteiger partial charge < -0.3 is 20.6 Å². The number of aromatic nitrogens is 4. The topological polar surface area (TPSA) is 116 Å². The smallest absolute Gasteiger partial charge is 0.255 e. The van der Waals surface area contributed by atoms with Gasteiger partial charge in [-0.15, -0.1) is 0 Å². The molecule has 2 aliphatic heterocycles. The van der Waals surface area contributed by atoms with Crippen LogP contribution in [0.25, 0.3) is 66.6 Å². The first-order valence-corrected chi connectivity index (χ1v) is 23.2. The summed E-state index contributed by atoms with van der Waals surface area (Å²) in [5.41, 5.74) is 22.6. The molecule has 0 aliphatic carbocycles. The van der Waals surface area contributed by atoms with Gasteiger partial charge in [0.05, 0.1) is 33.8 Å². The molecule has 66 heavy (non-hydrogen) atoms. The lowest BCUT2D eigenvalue weighted by atomic mass is 9.94. The van der Waals surface area contributed by atoms with Gasteiger partial charge in [0.1, 0.15) is 0 Å². The second-order valence-electron chi connectivity index (χ2n) is 17.1. The largest absolute Gasteiger partial charge is 0.354 e. The van der Waals surface area contributed by atoms with Crippen molar-refractivity contribution in [3.05, 3.63) is 177 Å². The molecule has 8 bridgehead atoms. The predicted octanol–water partition coefficient (Wildman–Crippen LogP) is 14.6. The van der Waals surface area contributed by atoms with Gasteiger partial charge in [-0.05, 0) is 146 Å². The highest BCUT2D eigenvalue weighted by Gasteiger charge is 2.27. The molecule has 0 spiro atoms. The van der Waals surface area contributed by atoms with E-state index in [2.05, 4.69) is 100 Å². The van der Waals surface area contributed by atoms with Crippen LogP contribution < -0.4 is 10.6 Å². The van der Waals surface area contributed by atoms with Crippen molar-refractivity contribution in [3.63, 3.8) is 0 Å². The van der Waals surface area contributed by atoms with E-state index in [-0.39, 0.29) is 11.8 Å². The predicted molar refractivity (Wildman–Crippen MR) is 274 cm³/mol. The molecule has 3 aromatic heterocycles. The first-order chi connectivity index (χ1) is 32.1. The number of fused-ring (bicyclic) bond motifs is 8. The van der Waals surface area contributed by atoms with E-state index in [1.165, 1.54) is 11.1 Å². The third-order valence-electron chi connectivity index (χ3n) is 13.4. The fraction of sp³-hybridized carbons (Fsp3) is 0.207. The highest BCUT2D eigenvalue weighted by atomic mass is 16.2. The SMILES string of the molecule is CCC1=C(C)c2nc1cc1[nH]c(c(C)c1CC)c(-c1ccccc1NC(=O)c1ccccc1)c1nc(cc3[nH]c(c(C)c3CC)c2-c2ccccc2NC(=O)c2ccccc2)C(CC)=C1C. The summed E-state index contributed by atoms with van der Waals surface area (Å²) in [6.07, 6.45) is 3.10. The summed E-state index contributed by atoms with van der Waals surface area (Å²) in [7, 11) is 0. The molecule has 0 atom stereocenters. The Morgan fingerprint density at radius 2 is 0.848 bits per heavy atom. The van der Waals surface area contributed by atoms with Crippen molar-refractivity contribution < 1.29 is 9.59 Å². The molecule has 4 aromatic carbocycles. The lowest BCUT2D eigenvalue weighted by molar-refractivity contribution is 0.101. The summed E-state index contributed by atoms with van der Waals surface area (Å²) in [4.78, 5) is 46.7. The van der Waals surface area contributed by atoms with Gasteiger partial charge in [0.25, 0.3) is 11.8 Å². The number of aromatic amines is 2. The Hall–Kier alpha value is -7.58. The zero-order chi connectivity index (χ0) is 46.2.